The molecule has 0 atom stereocenters. The van der Waals surface area contributed by atoms with Gasteiger partial charge in [-0.05, 0) is 29.8 Å². The van der Waals surface area contributed by atoms with E-state index >= 15 is 0 Å². The zero-order valence-electron chi connectivity index (χ0n) is 16.0. The number of guanidine groups is 1. The van der Waals surface area contributed by atoms with Crippen molar-refractivity contribution in [1.82, 2.24) is 9.80 Å². The van der Waals surface area contributed by atoms with E-state index in [1.54, 1.807) is 7.11 Å². The van der Waals surface area contributed by atoms with Gasteiger partial charge in [0.15, 0.2) is 5.96 Å². The van der Waals surface area contributed by atoms with Crippen molar-refractivity contribution < 1.29 is 4.74 Å². The van der Waals surface area contributed by atoms with Crippen LogP contribution in [0.25, 0.3) is 0 Å². The molecule has 2 aromatic carbocycles. The molecule has 0 aliphatic carbocycles. The van der Waals surface area contributed by atoms with E-state index in [4.69, 9.17) is 10.5 Å². The van der Waals surface area contributed by atoms with E-state index in [0.717, 1.165) is 50.7 Å². The van der Waals surface area contributed by atoms with Gasteiger partial charge in [0.25, 0.3) is 0 Å². The van der Waals surface area contributed by atoms with Gasteiger partial charge >= 0.3 is 0 Å². The van der Waals surface area contributed by atoms with Crippen LogP contribution < -0.4 is 15.8 Å². The van der Waals surface area contributed by atoms with Crippen LogP contribution in [0, 0.1) is 0 Å². The van der Waals surface area contributed by atoms with Gasteiger partial charge in [-0.15, -0.1) is 0 Å². The molecule has 0 amide bonds. The standard InChI is InChI=1S/C21H29N5O/c1-27-20-9-7-19(8-10-20)24-21(22)23-11-12-25-13-15-26(16-14-25)17-18-5-3-2-4-6-18/h2-10H,11-17H2,1H3,(H3,22,23,24). The predicted octanol–water partition coefficient (Wildman–Crippen LogP) is 2.24. The van der Waals surface area contributed by atoms with Crippen LogP contribution in [0.4, 0.5) is 5.69 Å². The first-order chi connectivity index (χ1) is 13.2. The first-order valence-corrected chi connectivity index (χ1v) is 9.42. The Kier molecular flexibility index (Phi) is 7.07. The van der Waals surface area contributed by atoms with Crippen molar-refractivity contribution in [2.45, 2.75) is 6.54 Å². The maximum Gasteiger partial charge on any atom is 0.193 e. The number of piperazine rings is 1. The van der Waals surface area contributed by atoms with E-state index < -0.39 is 0 Å². The lowest BCUT2D eigenvalue weighted by Crippen LogP contribution is -2.46. The van der Waals surface area contributed by atoms with E-state index in [1.165, 1.54) is 5.56 Å². The van der Waals surface area contributed by atoms with Crippen LogP contribution in [0.3, 0.4) is 0 Å². The zero-order valence-corrected chi connectivity index (χ0v) is 16.0. The van der Waals surface area contributed by atoms with E-state index in [9.17, 15) is 0 Å². The Morgan fingerprint density at radius 1 is 1.00 bits per heavy atom. The van der Waals surface area contributed by atoms with Crippen LogP contribution in [-0.2, 0) is 6.54 Å². The molecule has 27 heavy (non-hydrogen) atoms. The minimum absolute atomic E-state index is 0.447. The second-order valence-corrected chi connectivity index (χ2v) is 6.72. The zero-order chi connectivity index (χ0) is 18.9. The van der Waals surface area contributed by atoms with E-state index in [2.05, 4.69) is 50.4 Å². The van der Waals surface area contributed by atoms with Crippen LogP contribution in [0.5, 0.6) is 5.75 Å². The van der Waals surface area contributed by atoms with Gasteiger partial charge in [-0.2, -0.15) is 0 Å². The van der Waals surface area contributed by atoms with Crippen LogP contribution in [0.15, 0.2) is 59.6 Å². The number of methoxy groups -OCH3 is 1. The molecule has 1 fully saturated rings. The molecule has 6 nitrogen and oxygen atoms in total. The highest BCUT2D eigenvalue weighted by molar-refractivity contribution is 5.92. The average Bonchev–Trinajstić information content (AvgIpc) is 2.71. The van der Waals surface area contributed by atoms with Crippen molar-refractivity contribution in [1.29, 1.82) is 0 Å². The van der Waals surface area contributed by atoms with E-state index in [-0.39, 0.29) is 0 Å². The molecule has 2 aromatic rings. The van der Waals surface area contributed by atoms with Crippen molar-refractivity contribution >= 4 is 11.6 Å². The summed E-state index contributed by atoms with van der Waals surface area (Å²) in [7, 11) is 1.65. The molecule has 144 valence electrons. The summed E-state index contributed by atoms with van der Waals surface area (Å²) in [4.78, 5) is 9.40. The number of ether oxygens (including phenoxy) is 1. The van der Waals surface area contributed by atoms with Crippen LogP contribution in [-0.4, -0.2) is 62.1 Å². The molecule has 0 radical (unpaired) electrons. The molecule has 0 spiro atoms. The van der Waals surface area contributed by atoms with E-state index in [1.807, 2.05) is 24.3 Å². The Labute approximate surface area is 161 Å². The lowest BCUT2D eigenvalue weighted by molar-refractivity contribution is 0.130. The van der Waals surface area contributed by atoms with Crippen molar-refractivity contribution in [2.75, 3.05) is 51.7 Å². The maximum atomic E-state index is 5.98. The second kappa shape index (κ2) is 9.94. The average molecular weight is 367 g/mol. The largest absolute Gasteiger partial charge is 0.497 e. The summed E-state index contributed by atoms with van der Waals surface area (Å²) in [5.41, 5.74) is 8.27. The Morgan fingerprint density at radius 2 is 1.67 bits per heavy atom. The first-order valence-electron chi connectivity index (χ1n) is 9.42. The Hall–Kier alpha value is -2.57. The molecule has 1 aliphatic rings. The fourth-order valence-corrected chi connectivity index (χ4v) is 3.19. The fraction of sp³-hybridized carbons (Fsp3) is 0.381. The third-order valence-corrected chi connectivity index (χ3v) is 4.77. The lowest BCUT2D eigenvalue weighted by Gasteiger charge is -2.34. The molecule has 6 heteroatoms. The van der Waals surface area contributed by atoms with Gasteiger partial charge < -0.3 is 15.8 Å². The van der Waals surface area contributed by atoms with Gasteiger partial charge in [-0.25, -0.2) is 0 Å². The number of benzene rings is 2. The third-order valence-electron chi connectivity index (χ3n) is 4.77. The summed E-state index contributed by atoms with van der Waals surface area (Å²) in [6, 6.07) is 18.3. The maximum absolute atomic E-state index is 5.98. The van der Waals surface area contributed by atoms with Crippen molar-refractivity contribution in [3.05, 3.63) is 60.2 Å². The molecule has 0 unspecified atom stereocenters. The molecule has 0 bridgehead atoms. The molecule has 1 saturated heterocycles. The molecule has 1 aliphatic heterocycles. The number of hydrogen-bond acceptors (Lipinski definition) is 4. The summed E-state index contributed by atoms with van der Waals surface area (Å²) in [5, 5.41) is 3.11. The summed E-state index contributed by atoms with van der Waals surface area (Å²) >= 11 is 0. The first kappa shape index (κ1) is 19.2. The smallest absolute Gasteiger partial charge is 0.193 e. The van der Waals surface area contributed by atoms with Gasteiger partial charge in [0.05, 0.1) is 13.7 Å². The highest BCUT2D eigenvalue weighted by atomic mass is 16.5. The van der Waals surface area contributed by atoms with Crippen LogP contribution in [0.1, 0.15) is 5.56 Å². The molecular weight excluding hydrogens is 338 g/mol. The van der Waals surface area contributed by atoms with Gasteiger partial charge in [-0.3, -0.25) is 14.8 Å². The summed E-state index contributed by atoms with van der Waals surface area (Å²) in [6.45, 7) is 7.02. The number of anilines is 1. The topological polar surface area (TPSA) is 66.1 Å². The molecular formula is C21H29N5O. The number of nitrogens with two attached hydrogens (primary N) is 1. The lowest BCUT2D eigenvalue weighted by atomic mass is 10.2. The fourth-order valence-electron chi connectivity index (χ4n) is 3.19. The minimum Gasteiger partial charge on any atom is -0.497 e. The van der Waals surface area contributed by atoms with Gasteiger partial charge in [-0.1, -0.05) is 30.3 Å². The van der Waals surface area contributed by atoms with Crippen molar-refractivity contribution in [3.8, 4) is 5.75 Å². The highest BCUT2D eigenvalue weighted by Gasteiger charge is 2.16. The minimum atomic E-state index is 0.447. The van der Waals surface area contributed by atoms with Gasteiger partial charge in [0, 0.05) is 45.0 Å². The number of rotatable bonds is 7. The van der Waals surface area contributed by atoms with Crippen molar-refractivity contribution in [2.24, 2.45) is 10.7 Å². The third kappa shape index (κ3) is 6.27. The quantitative estimate of drug-likeness (QED) is 0.580. The predicted molar refractivity (Wildman–Crippen MR) is 111 cm³/mol. The summed E-state index contributed by atoms with van der Waals surface area (Å²) in [5.74, 6) is 1.27. The van der Waals surface area contributed by atoms with Crippen LogP contribution >= 0.6 is 0 Å². The molecule has 0 aromatic heterocycles. The molecule has 3 N–H and O–H groups in total. The second-order valence-electron chi connectivity index (χ2n) is 6.72. The summed E-state index contributed by atoms with van der Waals surface area (Å²) < 4.78 is 5.15. The van der Waals surface area contributed by atoms with E-state index in [0.29, 0.717) is 12.5 Å². The number of nitrogens with zero attached hydrogens (tertiary/aromatic N) is 3. The monoisotopic (exact) mass is 367 g/mol. The summed E-state index contributed by atoms with van der Waals surface area (Å²) in [6.07, 6.45) is 0. The number of nitrogens with one attached hydrogen (secondary N) is 1. The normalized spacial score (nSPS) is 16.3. The highest BCUT2D eigenvalue weighted by Crippen LogP contribution is 2.14. The number of hydrogen-bond donors (Lipinski definition) is 2. The van der Waals surface area contributed by atoms with Gasteiger partial charge in [0.1, 0.15) is 5.75 Å². The molecule has 3 rings (SSSR count). The van der Waals surface area contributed by atoms with Crippen molar-refractivity contribution in [3.63, 3.8) is 0 Å². The molecule has 1 heterocycles. The Balaban J connectivity index is 1.36. The SMILES string of the molecule is COc1ccc(NC(N)=NCCN2CCN(Cc3ccccc3)CC2)cc1. The Bertz CT molecular complexity index is 709. The van der Waals surface area contributed by atoms with Gasteiger partial charge in [0.2, 0.25) is 0 Å². The number of aliphatic imine (C=N–C) groups is 1. The Morgan fingerprint density at radius 3 is 2.33 bits per heavy atom. The van der Waals surface area contributed by atoms with Crippen LogP contribution in [0.2, 0.25) is 0 Å². The molecule has 0 saturated carbocycles.